The fourth-order valence-corrected chi connectivity index (χ4v) is 3.76. The zero-order valence-electron chi connectivity index (χ0n) is 10.3. The molecule has 98 valence electrons. The SMILES string of the molecule is CC1(C)OC(C2(O)C=CCCC2)CCS1(=O)=O. The third-order valence-electron chi connectivity index (χ3n) is 3.74. The van der Waals surface area contributed by atoms with Crippen LogP contribution in [0.3, 0.4) is 0 Å². The molecule has 2 atom stereocenters. The van der Waals surface area contributed by atoms with Gasteiger partial charge in [0.25, 0.3) is 0 Å². The average molecular weight is 260 g/mol. The van der Waals surface area contributed by atoms with Crippen molar-refractivity contribution < 1.29 is 18.3 Å². The molecule has 0 bridgehead atoms. The Morgan fingerprint density at radius 2 is 2.12 bits per heavy atom. The lowest BCUT2D eigenvalue weighted by Gasteiger charge is -2.43. The lowest BCUT2D eigenvalue weighted by molar-refractivity contribution is -0.128. The summed E-state index contributed by atoms with van der Waals surface area (Å²) in [5, 5.41) is 10.5. The second-order valence-corrected chi connectivity index (χ2v) is 8.02. The molecule has 2 rings (SSSR count). The van der Waals surface area contributed by atoms with Gasteiger partial charge in [-0.05, 0) is 39.5 Å². The van der Waals surface area contributed by atoms with E-state index >= 15 is 0 Å². The van der Waals surface area contributed by atoms with E-state index in [2.05, 4.69) is 0 Å². The van der Waals surface area contributed by atoms with Crippen molar-refractivity contribution in [2.75, 3.05) is 5.75 Å². The van der Waals surface area contributed by atoms with Crippen LogP contribution in [0.2, 0.25) is 0 Å². The van der Waals surface area contributed by atoms with Crippen molar-refractivity contribution in [2.24, 2.45) is 0 Å². The van der Waals surface area contributed by atoms with Crippen LogP contribution in [-0.2, 0) is 14.6 Å². The van der Waals surface area contributed by atoms with Gasteiger partial charge in [0.2, 0.25) is 0 Å². The molecule has 1 fully saturated rings. The van der Waals surface area contributed by atoms with Crippen LogP contribution in [0.15, 0.2) is 12.2 Å². The van der Waals surface area contributed by atoms with Gasteiger partial charge >= 0.3 is 0 Å². The minimum Gasteiger partial charge on any atom is -0.383 e. The fourth-order valence-electron chi connectivity index (χ4n) is 2.48. The maximum atomic E-state index is 11.8. The lowest BCUT2D eigenvalue weighted by Crippen LogP contribution is -2.54. The summed E-state index contributed by atoms with van der Waals surface area (Å²) >= 11 is 0. The van der Waals surface area contributed by atoms with Crippen molar-refractivity contribution in [3.8, 4) is 0 Å². The van der Waals surface area contributed by atoms with Gasteiger partial charge in [0.05, 0.1) is 11.9 Å². The smallest absolute Gasteiger partial charge is 0.179 e. The quantitative estimate of drug-likeness (QED) is 0.724. The topological polar surface area (TPSA) is 63.6 Å². The van der Waals surface area contributed by atoms with Gasteiger partial charge in [-0.15, -0.1) is 0 Å². The maximum Gasteiger partial charge on any atom is 0.179 e. The molecule has 0 aromatic rings. The zero-order chi connectivity index (χ0) is 12.7. The number of aliphatic hydroxyl groups is 1. The molecule has 5 heteroatoms. The summed E-state index contributed by atoms with van der Waals surface area (Å²) in [7, 11) is -3.22. The Morgan fingerprint density at radius 1 is 1.41 bits per heavy atom. The summed E-state index contributed by atoms with van der Waals surface area (Å²) in [4.78, 5) is -1.20. The molecule has 2 aliphatic rings. The summed E-state index contributed by atoms with van der Waals surface area (Å²) in [6.45, 7) is 3.12. The largest absolute Gasteiger partial charge is 0.383 e. The van der Waals surface area contributed by atoms with Crippen LogP contribution in [0.1, 0.15) is 39.5 Å². The van der Waals surface area contributed by atoms with Gasteiger partial charge < -0.3 is 9.84 Å². The fraction of sp³-hybridized carbons (Fsp3) is 0.833. The van der Waals surface area contributed by atoms with E-state index in [1.165, 1.54) is 0 Å². The molecule has 4 nitrogen and oxygen atoms in total. The van der Waals surface area contributed by atoms with Crippen molar-refractivity contribution in [1.82, 2.24) is 0 Å². The Kier molecular flexibility index (Phi) is 3.13. The molecule has 0 spiro atoms. The minimum absolute atomic E-state index is 0.0841. The van der Waals surface area contributed by atoms with Crippen LogP contribution in [0.4, 0.5) is 0 Å². The van der Waals surface area contributed by atoms with Crippen LogP contribution in [0.5, 0.6) is 0 Å². The standard InChI is InChI=1S/C12H20O4S/c1-11(2)16-10(6-9-17(11,14)15)12(13)7-4-3-5-8-12/h4,7,10,13H,3,5-6,8-9H2,1-2H3. The van der Waals surface area contributed by atoms with Crippen LogP contribution in [0.25, 0.3) is 0 Å². The monoisotopic (exact) mass is 260 g/mol. The molecule has 0 aromatic carbocycles. The average Bonchev–Trinajstić information content (AvgIpc) is 2.23. The molecule has 1 N–H and O–H groups in total. The highest BCUT2D eigenvalue weighted by atomic mass is 32.2. The second-order valence-electron chi connectivity index (χ2n) is 5.40. The summed E-state index contributed by atoms with van der Waals surface area (Å²) in [6, 6.07) is 0. The van der Waals surface area contributed by atoms with Gasteiger partial charge in [-0.3, -0.25) is 0 Å². The first-order valence-electron chi connectivity index (χ1n) is 6.07. The highest BCUT2D eigenvalue weighted by Gasteiger charge is 2.48. The van der Waals surface area contributed by atoms with E-state index in [1.54, 1.807) is 19.9 Å². The van der Waals surface area contributed by atoms with E-state index in [0.717, 1.165) is 12.8 Å². The first-order chi connectivity index (χ1) is 7.77. The molecular weight excluding hydrogens is 240 g/mol. The first-order valence-corrected chi connectivity index (χ1v) is 7.72. The first kappa shape index (κ1) is 13.1. The van der Waals surface area contributed by atoms with Crippen molar-refractivity contribution in [3.05, 3.63) is 12.2 Å². The van der Waals surface area contributed by atoms with Crippen molar-refractivity contribution >= 4 is 9.84 Å². The summed E-state index contributed by atoms with van der Waals surface area (Å²) < 4.78 is 29.3. The molecule has 1 saturated heterocycles. The number of ether oxygens (including phenoxy) is 1. The number of sulfone groups is 1. The number of rotatable bonds is 1. The highest BCUT2D eigenvalue weighted by molar-refractivity contribution is 7.92. The highest BCUT2D eigenvalue weighted by Crippen LogP contribution is 2.37. The van der Waals surface area contributed by atoms with Gasteiger partial charge in [0.15, 0.2) is 14.8 Å². The predicted molar refractivity (Wildman–Crippen MR) is 65.3 cm³/mol. The van der Waals surface area contributed by atoms with E-state index in [4.69, 9.17) is 4.74 Å². The van der Waals surface area contributed by atoms with Crippen molar-refractivity contribution in [3.63, 3.8) is 0 Å². The molecule has 2 unspecified atom stereocenters. The Labute approximate surface area is 103 Å². The minimum atomic E-state index is -3.22. The third-order valence-corrected chi connectivity index (χ3v) is 6.10. The number of hydrogen-bond donors (Lipinski definition) is 1. The van der Waals surface area contributed by atoms with E-state index in [9.17, 15) is 13.5 Å². The summed E-state index contributed by atoms with van der Waals surface area (Å²) in [6.07, 6.45) is 6.20. The third kappa shape index (κ3) is 2.28. The van der Waals surface area contributed by atoms with E-state index in [1.807, 2.05) is 6.08 Å². The van der Waals surface area contributed by atoms with Crippen LogP contribution in [-0.4, -0.2) is 35.9 Å². The van der Waals surface area contributed by atoms with Gasteiger partial charge in [-0.2, -0.15) is 0 Å². The Hall–Kier alpha value is -0.390. The van der Waals surface area contributed by atoms with Crippen molar-refractivity contribution in [2.45, 2.75) is 56.2 Å². The predicted octanol–water partition coefficient (Wildman–Crippen LogP) is 1.40. The Balaban J connectivity index is 2.21. The number of allylic oxidation sites excluding steroid dienone is 1. The molecule has 17 heavy (non-hydrogen) atoms. The normalized spacial score (nSPS) is 40.1. The Morgan fingerprint density at radius 3 is 2.65 bits per heavy atom. The maximum absolute atomic E-state index is 11.8. The van der Waals surface area contributed by atoms with Crippen LogP contribution in [0, 0.1) is 0 Å². The van der Waals surface area contributed by atoms with Gasteiger partial charge in [0.1, 0.15) is 5.60 Å². The van der Waals surface area contributed by atoms with Gasteiger partial charge in [0, 0.05) is 0 Å². The van der Waals surface area contributed by atoms with Crippen LogP contribution >= 0.6 is 0 Å². The molecule has 0 aromatic heterocycles. The molecule has 1 aliphatic heterocycles. The molecule has 1 heterocycles. The van der Waals surface area contributed by atoms with E-state index in [-0.39, 0.29) is 5.75 Å². The van der Waals surface area contributed by atoms with E-state index in [0.29, 0.717) is 12.8 Å². The molecular formula is C12H20O4S. The summed E-state index contributed by atoms with van der Waals surface area (Å²) in [5.74, 6) is 0.0841. The molecule has 0 amide bonds. The molecule has 0 radical (unpaired) electrons. The zero-order valence-corrected chi connectivity index (χ0v) is 11.2. The van der Waals surface area contributed by atoms with Crippen molar-refractivity contribution in [1.29, 1.82) is 0 Å². The number of hydrogen-bond acceptors (Lipinski definition) is 4. The molecule has 1 aliphatic carbocycles. The lowest BCUT2D eigenvalue weighted by atomic mass is 9.84. The van der Waals surface area contributed by atoms with Gasteiger partial charge in [-0.1, -0.05) is 12.2 Å². The van der Waals surface area contributed by atoms with E-state index < -0.39 is 26.5 Å². The summed E-state index contributed by atoms with van der Waals surface area (Å²) in [5.41, 5.74) is -0.995. The van der Waals surface area contributed by atoms with Gasteiger partial charge in [-0.25, -0.2) is 8.42 Å². The second kappa shape index (κ2) is 4.07. The molecule has 0 saturated carbocycles. The Bertz CT molecular complexity index is 424. The van der Waals surface area contributed by atoms with Crippen LogP contribution < -0.4 is 0 Å².